The Kier molecular flexibility index (Phi) is 5.12. The number of benzene rings is 1. The van der Waals surface area contributed by atoms with E-state index in [2.05, 4.69) is 0 Å². The predicted molar refractivity (Wildman–Crippen MR) is 103 cm³/mol. The number of halogens is 1. The lowest BCUT2D eigenvalue weighted by atomic mass is 9.80. The minimum atomic E-state index is -1.76. The summed E-state index contributed by atoms with van der Waals surface area (Å²) in [6.45, 7) is 3.09. The van der Waals surface area contributed by atoms with Gasteiger partial charge in [0.2, 0.25) is 17.7 Å². The monoisotopic (exact) mass is 402 g/mol. The van der Waals surface area contributed by atoms with E-state index in [0.717, 1.165) is 15.4 Å². The lowest BCUT2D eigenvalue weighted by Crippen LogP contribution is -2.47. The number of likely N-dealkylation sites (tertiary alicyclic amines) is 1. The third-order valence-electron chi connectivity index (χ3n) is 4.92. The fourth-order valence-corrected chi connectivity index (χ4v) is 3.85. The van der Waals surface area contributed by atoms with Crippen molar-refractivity contribution in [2.75, 3.05) is 18.0 Å². The molecule has 1 saturated heterocycles. The summed E-state index contributed by atoms with van der Waals surface area (Å²) < 4.78 is 0. The van der Waals surface area contributed by atoms with Gasteiger partial charge < -0.3 is 5.11 Å². The van der Waals surface area contributed by atoms with Crippen molar-refractivity contribution in [1.29, 1.82) is 0 Å². The molecule has 0 radical (unpaired) electrons. The summed E-state index contributed by atoms with van der Waals surface area (Å²) >= 11 is 6.08. The zero-order valence-corrected chi connectivity index (χ0v) is 16.2. The Balaban J connectivity index is 2.07. The Labute approximate surface area is 166 Å². The molecule has 0 aliphatic carbocycles. The molecule has 0 bridgehead atoms. The number of aliphatic carboxylic acids is 1. The average Bonchev–Trinajstić information content (AvgIpc) is 3.01. The van der Waals surface area contributed by atoms with Crippen molar-refractivity contribution in [3.8, 4) is 0 Å². The Morgan fingerprint density at radius 2 is 1.89 bits per heavy atom. The molecule has 7 nitrogen and oxygen atoms in total. The van der Waals surface area contributed by atoms with Crippen molar-refractivity contribution >= 4 is 41.0 Å². The molecule has 2 heterocycles. The van der Waals surface area contributed by atoms with E-state index >= 15 is 0 Å². The maximum Gasteiger partial charge on any atom is 0.323 e. The van der Waals surface area contributed by atoms with Crippen LogP contribution < -0.4 is 4.90 Å². The smallest absolute Gasteiger partial charge is 0.323 e. The topological polar surface area (TPSA) is 95.0 Å². The van der Waals surface area contributed by atoms with Gasteiger partial charge in [-0.3, -0.25) is 29.0 Å². The van der Waals surface area contributed by atoms with Gasteiger partial charge in [-0.25, -0.2) is 0 Å². The molecular formula is C20H19ClN2O5. The highest BCUT2D eigenvalue weighted by Gasteiger charge is 2.63. The second-order valence-electron chi connectivity index (χ2n) is 6.85. The molecule has 2 aliphatic heterocycles. The maximum absolute atomic E-state index is 13.3. The maximum atomic E-state index is 13.3. The number of allylic oxidation sites excluding steroid dienone is 3. The fraction of sp³-hybridized carbons (Fsp3) is 0.300. The van der Waals surface area contributed by atoms with E-state index in [4.69, 9.17) is 11.6 Å². The van der Waals surface area contributed by atoms with Gasteiger partial charge in [0.05, 0.1) is 6.42 Å². The number of carboxylic acids is 1. The zero-order chi connectivity index (χ0) is 20.6. The summed E-state index contributed by atoms with van der Waals surface area (Å²) in [6.07, 6.45) is 5.05. The van der Waals surface area contributed by atoms with E-state index in [0.29, 0.717) is 10.7 Å². The fourth-order valence-electron chi connectivity index (χ4n) is 3.67. The van der Waals surface area contributed by atoms with Crippen LogP contribution in [0.3, 0.4) is 0 Å². The van der Waals surface area contributed by atoms with Gasteiger partial charge >= 0.3 is 5.97 Å². The van der Waals surface area contributed by atoms with Gasteiger partial charge in [-0.15, -0.1) is 0 Å². The van der Waals surface area contributed by atoms with Crippen molar-refractivity contribution in [3.05, 3.63) is 52.6 Å². The van der Waals surface area contributed by atoms with E-state index in [1.165, 1.54) is 18.2 Å². The number of fused-ring (bicyclic) bond motifs is 2. The van der Waals surface area contributed by atoms with Gasteiger partial charge in [-0.1, -0.05) is 35.4 Å². The number of hydrogen-bond acceptors (Lipinski definition) is 4. The number of amides is 3. The molecule has 2 aliphatic rings. The van der Waals surface area contributed by atoms with E-state index in [-0.39, 0.29) is 18.5 Å². The number of anilines is 1. The van der Waals surface area contributed by atoms with Crippen LogP contribution in [-0.4, -0.2) is 46.8 Å². The SMILES string of the molecule is C/C=C\C=C(/C)CN1C(=O)CC2(C1=O)C(=O)N(CC(=O)O)c1ccc(Cl)cc12. The molecule has 1 unspecified atom stereocenters. The third kappa shape index (κ3) is 3.01. The highest BCUT2D eigenvalue weighted by atomic mass is 35.5. The molecule has 1 N–H and O–H groups in total. The largest absolute Gasteiger partial charge is 0.480 e. The van der Waals surface area contributed by atoms with Crippen LogP contribution >= 0.6 is 11.6 Å². The molecule has 1 fully saturated rings. The summed E-state index contributed by atoms with van der Waals surface area (Å²) in [5.41, 5.74) is -0.410. The quantitative estimate of drug-likeness (QED) is 0.463. The van der Waals surface area contributed by atoms with Gasteiger partial charge in [0.15, 0.2) is 5.41 Å². The van der Waals surface area contributed by atoms with Gasteiger partial charge in [-0.2, -0.15) is 0 Å². The normalized spacial score (nSPS) is 22.1. The lowest BCUT2D eigenvalue weighted by molar-refractivity contribution is -0.142. The number of carbonyl (C=O) groups is 4. The number of imide groups is 1. The van der Waals surface area contributed by atoms with Crippen LogP contribution in [0, 0.1) is 0 Å². The summed E-state index contributed by atoms with van der Waals surface area (Å²) in [4.78, 5) is 52.5. The van der Waals surface area contributed by atoms with Crippen LogP contribution in [0.15, 0.2) is 42.0 Å². The molecule has 8 heteroatoms. The molecular weight excluding hydrogens is 384 g/mol. The van der Waals surface area contributed by atoms with Crippen molar-refractivity contribution in [3.63, 3.8) is 0 Å². The Morgan fingerprint density at radius 1 is 1.21 bits per heavy atom. The van der Waals surface area contributed by atoms with Gasteiger partial charge in [0, 0.05) is 22.8 Å². The second kappa shape index (κ2) is 7.24. The van der Waals surface area contributed by atoms with Crippen LogP contribution in [0.1, 0.15) is 25.8 Å². The Bertz CT molecular complexity index is 952. The molecule has 146 valence electrons. The van der Waals surface area contributed by atoms with E-state index in [1.54, 1.807) is 19.1 Å². The van der Waals surface area contributed by atoms with Crippen LogP contribution in [0.2, 0.25) is 5.02 Å². The minimum Gasteiger partial charge on any atom is -0.480 e. The lowest BCUT2D eigenvalue weighted by Gasteiger charge is -2.22. The highest BCUT2D eigenvalue weighted by molar-refractivity contribution is 6.32. The van der Waals surface area contributed by atoms with E-state index in [1.807, 2.05) is 13.0 Å². The number of carbonyl (C=O) groups excluding carboxylic acids is 3. The molecule has 3 amide bonds. The molecule has 1 atom stereocenters. The van der Waals surface area contributed by atoms with Crippen LogP contribution in [0.25, 0.3) is 0 Å². The Hall–Kier alpha value is -2.93. The third-order valence-corrected chi connectivity index (χ3v) is 5.16. The number of nitrogens with zero attached hydrogens (tertiary/aromatic N) is 2. The summed E-state index contributed by atoms with van der Waals surface area (Å²) in [7, 11) is 0. The van der Waals surface area contributed by atoms with Crippen molar-refractivity contribution < 1.29 is 24.3 Å². The van der Waals surface area contributed by atoms with Crippen molar-refractivity contribution in [2.45, 2.75) is 25.7 Å². The van der Waals surface area contributed by atoms with Gasteiger partial charge in [0.25, 0.3) is 0 Å². The molecule has 1 aromatic carbocycles. The Morgan fingerprint density at radius 3 is 2.54 bits per heavy atom. The van der Waals surface area contributed by atoms with Crippen molar-refractivity contribution in [1.82, 2.24) is 4.90 Å². The van der Waals surface area contributed by atoms with Gasteiger partial charge in [-0.05, 0) is 32.0 Å². The van der Waals surface area contributed by atoms with Crippen LogP contribution in [0.5, 0.6) is 0 Å². The summed E-state index contributed by atoms with van der Waals surface area (Å²) in [5, 5.41) is 9.48. The van der Waals surface area contributed by atoms with Crippen LogP contribution in [0.4, 0.5) is 5.69 Å². The molecule has 1 spiro atoms. The first-order valence-electron chi connectivity index (χ1n) is 8.69. The van der Waals surface area contributed by atoms with E-state index in [9.17, 15) is 24.3 Å². The predicted octanol–water partition coefficient (Wildman–Crippen LogP) is 2.29. The zero-order valence-electron chi connectivity index (χ0n) is 15.4. The van der Waals surface area contributed by atoms with E-state index < -0.39 is 35.7 Å². The molecule has 28 heavy (non-hydrogen) atoms. The highest BCUT2D eigenvalue weighted by Crippen LogP contribution is 2.49. The first-order valence-corrected chi connectivity index (χ1v) is 9.07. The molecule has 3 rings (SSSR count). The number of rotatable bonds is 5. The minimum absolute atomic E-state index is 0.0614. The summed E-state index contributed by atoms with van der Waals surface area (Å²) in [5.74, 6) is -3.05. The number of carboxylic acid groups (broad SMARTS) is 1. The van der Waals surface area contributed by atoms with Gasteiger partial charge in [0.1, 0.15) is 6.54 Å². The van der Waals surface area contributed by atoms with Crippen molar-refractivity contribution in [2.24, 2.45) is 0 Å². The first-order chi connectivity index (χ1) is 13.2. The number of hydrogen-bond donors (Lipinski definition) is 1. The standard InChI is InChI=1S/C20H19ClN2O5/c1-3-4-5-12(2)10-23-16(24)9-20(19(23)28)14-8-13(21)6-7-15(14)22(18(20)27)11-17(25)26/h3-8H,9-11H2,1-2H3,(H,25,26)/b4-3-,12-5+. The summed E-state index contributed by atoms with van der Waals surface area (Å²) in [6, 6.07) is 4.49. The molecule has 1 aromatic rings. The van der Waals surface area contributed by atoms with Crippen LogP contribution in [-0.2, 0) is 24.6 Å². The first kappa shape index (κ1) is 19.8. The molecule has 0 aromatic heterocycles. The molecule has 0 saturated carbocycles. The average molecular weight is 403 g/mol. The second-order valence-corrected chi connectivity index (χ2v) is 7.29.